The van der Waals surface area contributed by atoms with E-state index in [0.717, 1.165) is 31.4 Å². The quantitative estimate of drug-likeness (QED) is 0.863. The average Bonchev–Trinajstić information content (AvgIpc) is 2.81. The first-order chi connectivity index (χ1) is 8.12. The molecule has 1 aliphatic rings. The van der Waals surface area contributed by atoms with Crippen molar-refractivity contribution in [3.63, 3.8) is 0 Å². The highest BCUT2D eigenvalue weighted by Gasteiger charge is 2.22. The van der Waals surface area contributed by atoms with Gasteiger partial charge in [-0.25, -0.2) is 13.1 Å². The Morgan fingerprint density at radius 3 is 2.24 bits per heavy atom. The van der Waals surface area contributed by atoms with Gasteiger partial charge in [0.1, 0.15) is 0 Å². The van der Waals surface area contributed by atoms with Crippen LogP contribution in [0.1, 0.15) is 25.7 Å². The van der Waals surface area contributed by atoms with E-state index in [4.69, 9.17) is 0 Å². The molecule has 1 aromatic carbocycles. The van der Waals surface area contributed by atoms with Crippen molar-refractivity contribution in [2.45, 2.75) is 36.6 Å². The minimum absolute atomic E-state index is 0.115. The lowest BCUT2D eigenvalue weighted by Crippen LogP contribution is -2.32. The standard InChI is InChI=1S/C12H18N2O2S/c1-13-10-6-8-12(9-7-10)17(15,16)14-11-4-2-3-5-11/h6-9,11,13-14H,2-5H2,1H3. The SMILES string of the molecule is CNc1ccc(S(=O)(=O)NC2CCCC2)cc1. The van der Waals surface area contributed by atoms with Crippen LogP contribution < -0.4 is 10.0 Å². The Hall–Kier alpha value is -1.07. The molecule has 0 bridgehead atoms. The maximum absolute atomic E-state index is 12.1. The average molecular weight is 254 g/mol. The van der Waals surface area contributed by atoms with Crippen LogP contribution in [0.5, 0.6) is 0 Å². The first-order valence-corrected chi connectivity index (χ1v) is 7.40. The molecule has 1 fully saturated rings. The highest BCUT2D eigenvalue weighted by molar-refractivity contribution is 7.89. The first kappa shape index (κ1) is 12.4. The van der Waals surface area contributed by atoms with Crippen molar-refractivity contribution >= 4 is 15.7 Å². The summed E-state index contributed by atoms with van der Waals surface area (Å²) in [4.78, 5) is 0.336. The largest absolute Gasteiger partial charge is 0.388 e. The maximum atomic E-state index is 12.1. The number of rotatable bonds is 4. The summed E-state index contributed by atoms with van der Waals surface area (Å²) in [5, 5.41) is 2.96. The molecule has 4 nitrogen and oxygen atoms in total. The van der Waals surface area contributed by atoms with Crippen molar-refractivity contribution in [3.8, 4) is 0 Å². The third-order valence-corrected chi connectivity index (χ3v) is 4.67. The zero-order valence-corrected chi connectivity index (χ0v) is 10.8. The lowest BCUT2D eigenvalue weighted by Gasteiger charge is -2.12. The van der Waals surface area contributed by atoms with Crippen LogP contribution in [-0.4, -0.2) is 21.5 Å². The maximum Gasteiger partial charge on any atom is 0.240 e. The summed E-state index contributed by atoms with van der Waals surface area (Å²) in [6.45, 7) is 0. The zero-order valence-electron chi connectivity index (χ0n) is 9.94. The molecule has 17 heavy (non-hydrogen) atoms. The molecule has 0 amide bonds. The molecule has 0 saturated heterocycles. The number of benzene rings is 1. The molecule has 1 aromatic rings. The van der Waals surface area contributed by atoms with E-state index in [2.05, 4.69) is 10.0 Å². The predicted octanol–water partition coefficient (Wildman–Crippen LogP) is 1.95. The summed E-state index contributed by atoms with van der Waals surface area (Å²) >= 11 is 0. The molecule has 1 aliphatic carbocycles. The molecule has 0 aromatic heterocycles. The Kier molecular flexibility index (Phi) is 3.69. The van der Waals surface area contributed by atoms with Crippen LogP contribution in [-0.2, 0) is 10.0 Å². The van der Waals surface area contributed by atoms with E-state index in [-0.39, 0.29) is 6.04 Å². The van der Waals surface area contributed by atoms with E-state index in [1.54, 1.807) is 31.3 Å². The Balaban J connectivity index is 2.12. The second kappa shape index (κ2) is 5.06. The van der Waals surface area contributed by atoms with Crippen LogP contribution in [0.4, 0.5) is 5.69 Å². The van der Waals surface area contributed by atoms with Crippen LogP contribution in [0.15, 0.2) is 29.2 Å². The number of hydrogen-bond donors (Lipinski definition) is 2. The van der Waals surface area contributed by atoms with E-state index < -0.39 is 10.0 Å². The molecule has 1 saturated carbocycles. The molecule has 2 rings (SSSR count). The Morgan fingerprint density at radius 2 is 1.71 bits per heavy atom. The van der Waals surface area contributed by atoms with Gasteiger partial charge in [0.05, 0.1) is 4.90 Å². The third-order valence-electron chi connectivity index (χ3n) is 3.13. The van der Waals surface area contributed by atoms with Gasteiger partial charge in [-0.1, -0.05) is 12.8 Å². The molecule has 0 atom stereocenters. The minimum Gasteiger partial charge on any atom is -0.388 e. The third kappa shape index (κ3) is 2.98. The predicted molar refractivity (Wildman–Crippen MR) is 68.6 cm³/mol. The van der Waals surface area contributed by atoms with Gasteiger partial charge in [-0.15, -0.1) is 0 Å². The molecule has 0 heterocycles. The Morgan fingerprint density at radius 1 is 1.12 bits per heavy atom. The summed E-state index contributed by atoms with van der Waals surface area (Å²) in [5.74, 6) is 0. The zero-order chi connectivity index (χ0) is 12.3. The van der Waals surface area contributed by atoms with Gasteiger partial charge >= 0.3 is 0 Å². The minimum atomic E-state index is -3.35. The fourth-order valence-electron chi connectivity index (χ4n) is 2.13. The molecular weight excluding hydrogens is 236 g/mol. The number of anilines is 1. The van der Waals surface area contributed by atoms with Crippen molar-refractivity contribution in [1.29, 1.82) is 0 Å². The molecular formula is C12H18N2O2S. The fraction of sp³-hybridized carbons (Fsp3) is 0.500. The smallest absolute Gasteiger partial charge is 0.240 e. The molecule has 0 radical (unpaired) electrons. The van der Waals surface area contributed by atoms with Crippen molar-refractivity contribution in [1.82, 2.24) is 4.72 Å². The van der Waals surface area contributed by atoms with Gasteiger partial charge in [-0.2, -0.15) is 0 Å². The van der Waals surface area contributed by atoms with Gasteiger partial charge in [0, 0.05) is 18.8 Å². The summed E-state index contributed by atoms with van der Waals surface area (Å²) in [7, 11) is -1.54. The van der Waals surface area contributed by atoms with Gasteiger partial charge in [0.2, 0.25) is 10.0 Å². The fourth-order valence-corrected chi connectivity index (χ4v) is 3.44. The van der Waals surface area contributed by atoms with E-state index in [1.807, 2.05) is 0 Å². The van der Waals surface area contributed by atoms with Crippen LogP contribution >= 0.6 is 0 Å². The number of sulfonamides is 1. The highest BCUT2D eigenvalue weighted by atomic mass is 32.2. The van der Waals surface area contributed by atoms with Gasteiger partial charge in [0.25, 0.3) is 0 Å². The van der Waals surface area contributed by atoms with Crippen LogP contribution in [0.25, 0.3) is 0 Å². The Labute approximate surface area is 102 Å². The van der Waals surface area contributed by atoms with Crippen molar-refractivity contribution < 1.29 is 8.42 Å². The summed E-state index contributed by atoms with van der Waals surface area (Å²) in [6.07, 6.45) is 4.14. The van der Waals surface area contributed by atoms with E-state index in [0.29, 0.717) is 4.90 Å². The van der Waals surface area contributed by atoms with Gasteiger partial charge < -0.3 is 5.32 Å². The van der Waals surface area contributed by atoms with E-state index >= 15 is 0 Å². The lowest BCUT2D eigenvalue weighted by molar-refractivity contribution is 0.552. The normalized spacial score (nSPS) is 17.2. The van der Waals surface area contributed by atoms with Gasteiger partial charge in [-0.05, 0) is 37.1 Å². The molecule has 2 N–H and O–H groups in total. The number of hydrogen-bond acceptors (Lipinski definition) is 3. The summed E-state index contributed by atoms with van der Waals surface area (Å²) in [5.41, 5.74) is 0.907. The van der Waals surface area contributed by atoms with Crippen molar-refractivity contribution in [2.75, 3.05) is 12.4 Å². The monoisotopic (exact) mass is 254 g/mol. The van der Waals surface area contributed by atoms with Crippen molar-refractivity contribution in [2.24, 2.45) is 0 Å². The van der Waals surface area contributed by atoms with Crippen LogP contribution in [0.3, 0.4) is 0 Å². The first-order valence-electron chi connectivity index (χ1n) is 5.92. The van der Waals surface area contributed by atoms with Crippen LogP contribution in [0, 0.1) is 0 Å². The lowest BCUT2D eigenvalue weighted by atomic mass is 10.3. The topological polar surface area (TPSA) is 58.2 Å². The van der Waals surface area contributed by atoms with E-state index in [9.17, 15) is 8.42 Å². The number of nitrogens with one attached hydrogen (secondary N) is 2. The molecule has 94 valence electrons. The second-order valence-electron chi connectivity index (χ2n) is 4.38. The van der Waals surface area contributed by atoms with Gasteiger partial charge in [0.15, 0.2) is 0 Å². The van der Waals surface area contributed by atoms with Crippen LogP contribution in [0.2, 0.25) is 0 Å². The van der Waals surface area contributed by atoms with Gasteiger partial charge in [-0.3, -0.25) is 0 Å². The molecule has 0 unspecified atom stereocenters. The summed E-state index contributed by atoms with van der Waals surface area (Å²) < 4.78 is 26.9. The highest BCUT2D eigenvalue weighted by Crippen LogP contribution is 2.21. The second-order valence-corrected chi connectivity index (χ2v) is 6.09. The van der Waals surface area contributed by atoms with E-state index in [1.165, 1.54) is 0 Å². The molecule has 5 heteroatoms. The molecule has 0 spiro atoms. The van der Waals surface area contributed by atoms with Crippen molar-refractivity contribution in [3.05, 3.63) is 24.3 Å². The summed E-state index contributed by atoms with van der Waals surface area (Å²) in [6, 6.07) is 6.91. The molecule has 0 aliphatic heterocycles. The Bertz CT molecular complexity index is 462.